The monoisotopic (exact) mass is 293 g/mol. The van der Waals surface area contributed by atoms with E-state index in [1.54, 1.807) is 0 Å². The smallest absolute Gasteiger partial charge is 0.305 e. The Morgan fingerprint density at radius 2 is 1.86 bits per heavy atom. The summed E-state index contributed by atoms with van der Waals surface area (Å²) in [7, 11) is 0. The highest BCUT2D eigenvalue weighted by molar-refractivity contribution is 5.79. The average molecular weight is 293 g/mol. The van der Waals surface area contributed by atoms with Crippen molar-refractivity contribution in [2.75, 3.05) is 6.61 Å². The first-order valence-corrected chi connectivity index (χ1v) is 7.15. The molecule has 0 saturated heterocycles. The molecule has 1 aromatic rings. The van der Waals surface area contributed by atoms with Gasteiger partial charge in [-0.05, 0) is 30.5 Å². The van der Waals surface area contributed by atoms with Gasteiger partial charge in [0, 0.05) is 6.04 Å². The highest BCUT2D eigenvalue weighted by Gasteiger charge is 2.19. The maximum atomic E-state index is 12.0. The molecule has 5 nitrogen and oxygen atoms in total. The molecule has 0 radical (unpaired) electrons. The minimum Gasteiger partial charge on any atom is -0.494 e. The first-order valence-electron chi connectivity index (χ1n) is 7.15. The summed E-state index contributed by atoms with van der Waals surface area (Å²) in [5, 5.41) is 11.6. The Hall–Kier alpha value is -2.04. The quantitative estimate of drug-likeness (QED) is 0.770. The molecule has 0 aliphatic heterocycles. The summed E-state index contributed by atoms with van der Waals surface area (Å²) in [4.78, 5) is 22.8. The fourth-order valence-corrected chi connectivity index (χ4v) is 1.95. The molecule has 0 aromatic heterocycles. The third-order valence-electron chi connectivity index (χ3n) is 3.14. The lowest BCUT2D eigenvalue weighted by Gasteiger charge is -2.20. The Morgan fingerprint density at radius 3 is 2.33 bits per heavy atom. The summed E-state index contributed by atoms with van der Waals surface area (Å²) in [6.45, 7) is 6.30. The van der Waals surface area contributed by atoms with Crippen LogP contribution in [0.5, 0.6) is 5.75 Å². The summed E-state index contributed by atoms with van der Waals surface area (Å²) in [5.74, 6) is -0.229. The number of rotatable bonds is 8. The van der Waals surface area contributed by atoms with Crippen LogP contribution in [0.1, 0.15) is 32.8 Å². The topological polar surface area (TPSA) is 75.6 Å². The molecule has 1 unspecified atom stereocenters. The lowest BCUT2D eigenvalue weighted by Crippen LogP contribution is -2.40. The molecule has 0 aliphatic carbocycles. The Kier molecular flexibility index (Phi) is 6.72. The van der Waals surface area contributed by atoms with E-state index in [1.165, 1.54) is 0 Å². The molecule has 5 heteroatoms. The van der Waals surface area contributed by atoms with Crippen LogP contribution in [0, 0.1) is 5.92 Å². The minimum atomic E-state index is -0.907. The molecule has 1 rings (SSSR count). The van der Waals surface area contributed by atoms with Crippen LogP contribution in [0.2, 0.25) is 0 Å². The molecule has 1 atom stereocenters. The van der Waals surface area contributed by atoms with E-state index in [1.807, 2.05) is 45.0 Å². The number of amides is 1. The fourth-order valence-electron chi connectivity index (χ4n) is 1.95. The standard InChI is InChI=1S/C16H23NO4/c1-4-21-13-7-5-12(6-8-13)9-15(18)17-14(11(2)3)10-16(19)20/h5-8,11,14H,4,9-10H2,1-3H3,(H,17,18)(H,19,20). The van der Waals surface area contributed by atoms with Crippen LogP contribution < -0.4 is 10.1 Å². The van der Waals surface area contributed by atoms with Gasteiger partial charge in [-0.3, -0.25) is 9.59 Å². The number of hydrogen-bond acceptors (Lipinski definition) is 3. The molecule has 116 valence electrons. The maximum Gasteiger partial charge on any atom is 0.305 e. The number of ether oxygens (including phenoxy) is 1. The van der Waals surface area contributed by atoms with Gasteiger partial charge in [-0.25, -0.2) is 0 Å². The van der Waals surface area contributed by atoms with E-state index in [0.717, 1.165) is 11.3 Å². The molecule has 1 amide bonds. The normalized spacial score (nSPS) is 12.0. The number of aliphatic carboxylic acids is 1. The molecule has 0 spiro atoms. The van der Waals surface area contributed by atoms with Crippen LogP contribution in [-0.2, 0) is 16.0 Å². The van der Waals surface area contributed by atoms with Crippen molar-refractivity contribution < 1.29 is 19.4 Å². The van der Waals surface area contributed by atoms with Crippen LogP contribution in [0.4, 0.5) is 0 Å². The van der Waals surface area contributed by atoms with E-state index >= 15 is 0 Å². The second kappa shape index (κ2) is 8.29. The number of carboxylic acid groups (broad SMARTS) is 1. The zero-order chi connectivity index (χ0) is 15.8. The molecule has 0 heterocycles. The summed E-state index contributed by atoms with van der Waals surface area (Å²) >= 11 is 0. The van der Waals surface area contributed by atoms with Gasteiger partial charge in [0.2, 0.25) is 5.91 Å². The summed E-state index contributed by atoms with van der Waals surface area (Å²) in [5.41, 5.74) is 0.869. The second-order valence-corrected chi connectivity index (χ2v) is 5.27. The zero-order valence-corrected chi connectivity index (χ0v) is 12.8. The zero-order valence-electron chi connectivity index (χ0n) is 12.8. The lowest BCUT2D eigenvalue weighted by molar-refractivity contribution is -0.138. The molecular formula is C16H23NO4. The molecule has 2 N–H and O–H groups in total. The van der Waals surface area contributed by atoms with Crippen LogP contribution in [-0.4, -0.2) is 29.6 Å². The van der Waals surface area contributed by atoms with Crippen molar-refractivity contribution in [3.05, 3.63) is 29.8 Å². The van der Waals surface area contributed by atoms with E-state index in [0.29, 0.717) is 6.61 Å². The molecule has 21 heavy (non-hydrogen) atoms. The van der Waals surface area contributed by atoms with E-state index in [9.17, 15) is 9.59 Å². The van der Waals surface area contributed by atoms with Crippen molar-refractivity contribution in [3.8, 4) is 5.75 Å². The number of nitrogens with one attached hydrogen (secondary N) is 1. The van der Waals surface area contributed by atoms with Gasteiger partial charge in [-0.2, -0.15) is 0 Å². The van der Waals surface area contributed by atoms with Gasteiger partial charge in [0.15, 0.2) is 0 Å². The number of carbonyl (C=O) groups is 2. The Balaban J connectivity index is 2.57. The van der Waals surface area contributed by atoms with Crippen molar-refractivity contribution >= 4 is 11.9 Å². The largest absolute Gasteiger partial charge is 0.494 e. The number of benzene rings is 1. The van der Waals surface area contributed by atoms with Gasteiger partial charge in [0.25, 0.3) is 0 Å². The Labute approximate surface area is 125 Å². The number of carbonyl (C=O) groups excluding carboxylic acids is 1. The minimum absolute atomic E-state index is 0.0628. The first-order chi connectivity index (χ1) is 9.92. The van der Waals surface area contributed by atoms with Crippen LogP contribution in [0.15, 0.2) is 24.3 Å². The average Bonchev–Trinajstić information content (AvgIpc) is 2.40. The third kappa shape index (κ3) is 6.29. The van der Waals surface area contributed by atoms with E-state index < -0.39 is 5.97 Å². The van der Waals surface area contributed by atoms with Gasteiger partial charge in [-0.15, -0.1) is 0 Å². The maximum absolute atomic E-state index is 12.0. The molecule has 0 bridgehead atoms. The van der Waals surface area contributed by atoms with Crippen molar-refractivity contribution in [1.82, 2.24) is 5.32 Å². The molecular weight excluding hydrogens is 270 g/mol. The van der Waals surface area contributed by atoms with Crippen molar-refractivity contribution in [3.63, 3.8) is 0 Å². The SMILES string of the molecule is CCOc1ccc(CC(=O)NC(CC(=O)O)C(C)C)cc1. The first kappa shape index (κ1) is 17.0. The number of carboxylic acids is 1. The van der Waals surface area contributed by atoms with Crippen molar-refractivity contribution in [1.29, 1.82) is 0 Å². The predicted molar refractivity (Wildman–Crippen MR) is 80.3 cm³/mol. The Bertz CT molecular complexity index is 468. The molecule has 0 aliphatic rings. The van der Waals surface area contributed by atoms with Crippen molar-refractivity contribution in [2.45, 2.75) is 39.7 Å². The van der Waals surface area contributed by atoms with Gasteiger partial charge in [0.1, 0.15) is 5.75 Å². The van der Waals surface area contributed by atoms with E-state index in [2.05, 4.69) is 5.32 Å². The van der Waals surface area contributed by atoms with Gasteiger partial charge in [-0.1, -0.05) is 26.0 Å². The summed E-state index contributed by atoms with van der Waals surface area (Å²) < 4.78 is 5.34. The fraction of sp³-hybridized carbons (Fsp3) is 0.500. The molecule has 0 fully saturated rings. The summed E-state index contributed by atoms with van der Waals surface area (Å²) in [6.07, 6.45) is 0.169. The van der Waals surface area contributed by atoms with Gasteiger partial charge in [0.05, 0.1) is 19.4 Å². The Morgan fingerprint density at radius 1 is 1.24 bits per heavy atom. The van der Waals surface area contributed by atoms with E-state index in [4.69, 9.17) is 9.84 Å². The van der Waals surface area contributed by atoms with Crippen LogP contribution >= 0.6 is 0 Å². The molecule has 1 aromatic carbocycles. The van der Waals surface area contributed by atoms with Crippen LogP contribution in [0.25, 0.3) is 0 Å². The predicted octanol–water partition coefficient (Wildman–Crippen LogP) is 2.24. The highest BCUT2D eigenvalue weighted by Crippen LogP contribution is 2.13. The number of hydrogen-bond donors (Lipinski definition) is 2. The highest BCUT2D eigenvalue weighted by atomic mass is 16.5. The summed E-state index contributed by atoms with van der Waals surface area (Å²) in [6, 6.07) is 6.97. The second-order valence-electron chi connectivity index (χ2n) is 5.27. The van der Waals surface area contributed by atoms with Crippen LogP contribution in [0.3, 0.4) is 0 Å². The van der Waals surface area contributed by atoms with E-state index in [-0.39, 0.29) is 30.7 Å². The lowest BCUT2D eigenvalue weighted by atomic mass is 10.0. The molecule has 0 saturated carbocycles. The van der Waals surface area contributed by atoms with Gasteiger partial charge >= 0.3 is 5.97 Å². The third-order valence-corrected chi connectivity index (χ3v) is 3.14. The van der Waals surface area contributed by atoms with Gasteiger partial charge < -0.3 is 15.2 Å². The van der Waals surface area contributed by atoms with Crippen molar-refractivity contribution in [2.24, 2.45) is 5.92 Å².